The average Bonchev–Trinajstić information content (AvgIpc) is 3.35. The first-order chi connectivity index (χ1) is 22.1. The summed E-state index contributed by atoms with van der Waals surface area (Å²) in [7, 11) is 0. The number of fused-ring (bicyclic) bond motifs is 3. The van der Waals surface area contributed by atoms with Crippen molar-refractivity contribution in [1.82, 2.24) is 9.97 Å². The van der Waals surface area contributed by atoms with Gasteiger partial charge in [0, 0.05) is 22.1 Å². The molecule has 1 aliphatic rings. The molecule has 0 spiro atoms. The van der Waals surface area contributed by atoms with Crippen LogP contribution < -0.4 is 0 Å². The van der Waals surface area contributed by atoms with E-state index in [0.29, 0.717) is 0 Å². The van der Waals surface area contributed by atoms with Crippen LogP contribution in [0.15, 0.2) is 158 Å². The van der Waals surface area contributed by atoms with E-state index in [0.717, 1.165) is 39.5 Å². The van der Waals surface area contributed by atoms with Crippen LogP contribution in [0.3, 0.4) is 0 Å². The predicted octanol–water partition coefficient (Wildman–Crippen LogP) is 11.1. The fourth-order valence-corrected chi connectivity index (χ4v) is 6.86. The standard InChI is InChI=1S/C43H32N2/c1-43(2)37-25-12-11-23-36(37)41-35(24-14-26-38(41)43)34-22-10-9-21-33(34)31-19-13-20-32(27-31)40-28-39(29-15-5-3-6-16-29)44-42(45-40)30-17-7-4-8-18-30/h3-28H,1-2H3. The van der Waals surface area contributed by atoms with Gasteiger partial charge in [-0.05, 0) is 56.6 Å². The molecule has 0 aliphatic heterocycles. The van der Waals surface area contributed by atoms with Crippen LogP contribution in [0.25, 0.3) is 67.3 Å². The molecule has 0 radical (unpaired) electrons. The molecule has 214 valence electrons. The van der Waals surface area contributed by atoms with Crippen LogP contribution in [0.2, 0.25) is 0 Å². The average molecular weight is 577 g/mol. The van der Waals surface area contributed by atoms with E-state index in [9.17, 15) is 0 Å². The van der Waals surface area contributed by atoms with Crippen molar-refractivity contribution in [2.75, 3.05) is 0 Å². The van der Waals surface area contributed by atoms with Gasteiger partial charge in [0.1, 0.15) is 0 Å². The Bertz CT molecular complexity index is 2120. The predicted molar refractivity (Wildman–Crippen MR) is 187 cm³/mol. The lowest BCUT2D eigenvalue weighted by atomic mass is 9.81. The second-order valence-corrected chi connectivity index (χ2v) is 12.2. The van der Waals surface area contributed by atoms with Gasteiger partial charge in [0.25, 0.3) is 0 Å². The van der Waals surface area contributed by atoms with Crippen LogP contribution in [0.1, 0.15) is 25.0 Å². The molecule has 8 rings (SSSR count). The van der Waals surface area contributed by atoms with E-state index in [1.54, 1.807) is 0 Å². The lowest BCUT2D eigenvalue weighted by Crippen LogP contribution is -2.14. The Morgan fingerprint density at radius 2 is 0.889 bits per heavy atom. The first kappa shape index (κ1) is 27.0. The molecule has 2 nitrogen and oxygen atoms in total. The quantitative estimate of drug-likeness (QED) is 0.204. The largest absolute Gasteiger partial charge is 0.228 e. The molecule has 0 atom stereocenters. The Labute approximate surface area is 264 Å². The molecule has 0 saturated carbocycles. The number of benzene rings is 6. The molecule has 1 heterocycles. The zero-order chi connectivity index (χ0) is 30.4. The van der Waals surface area contributed by atoms with Crippen molar-refractivity contribution in [3.63, 3.8) is 0 Å². The number of rotatable bonds is 5. The van der Waals surface area contributed by atoms with Gasteiger partial charge in [-0.15, -0.1) is 0 Å². The van der Waals surface area contributed by atoms with E-state index in [1.807, 2.05) is 24.3 Å². The van der Waals surface area contributed by atoms with E-state index < -0.39 is 0 Å². The van der Waals surface area contributed by atoms with Gasteiger partial charge >= 0.3 is 0 Å². The monoisotopic (exact) mass is 576 g/mol. The maximum Gasteiger partial charge on any atom is 0.160 e. The summed E-state index contributed by atoms with van der Waals surface area (Å²) >= 11 is 0. The molecule has 2 heteroatoms. The third kappa shape index (κ3) is 4.67. The third-order valence-corrected chi connectivity index (χ3v) is 9.12. The Hall–Kier alpha value is -5.60. The molecule has 0 saturated heterocycles. The molecule has 0 unspecified atom stereocenters. The van der Waals surface area contributed by atoms with Gasteiger partial charge in [-0.2, -0.15) is 0 Å². The maximum atomic E-state index is 5.09. The summed E-state index contributed by atoms with van der Waals surface area (Å²) in [5.41, 5.74) is 15.2. The summed E-state index contributed by atoms with van der Waals surface area (Å²) in [5, 5.41) is 0. The van der Waals surface area contributed by atoms with E-state index in [-0.39, 0.29) is 5.41 Å². The van der Waals surface area contributed by atoms with Crippen molar-refractivity contribution >= 4 is 0 Å². The van der Waals surface area contributed by atoms with Crippen LogP contribution in [0, 0.1) is 0 Å². The number of hydrogen-bond acceptors (Lipinski definition) is 2. The van der Waals surface area contributed by atoms with Crippen LogP contribution in [0.4, 0.5) is 0 Å². The van der Waals surface area contributed by atoms with Crippen molar-refractivity contribution in [2.24, 2.45) is 0 Å². The molecule has 7 aromatic rings. The lowest BCUT2D eigenvalue weighted by Gasteiger charge is -2.22. The minimum atomic E-state index is -0.0449. The topological polar surface area (TPSA) is 25.8 Å². The summed E-state index contributed by atoms with van der Waals surface area (Å²) in [5.74, 6) is 0.721. The van der Waals surface area contributed by atoms with Crippen LogP contribution in [-0.2, 0) is 5.41 Å². The normalized spacial score (nSPS) is 12.8. The Morgan fingerprint density at radius 1 is 0.378 bits per heavy atom. The summed E-state index contributed by atoms with van der Waals surface area (Å²) < 4.78 is 0. The Kier molecular flexibility index (Phi) is 6.50. The summed E-state index contributed by atoms with van der Waals surface area (Å²) in [6.07, 6.45) is 0. The highest BCUT2D eigenvalue weighted by Crippen LogP contribution is 2.52. The zero-order valence-electron chi connectivity index (χ0n) is 25.4. The van der Waals surface area contributed by atoms with Gasteiger partial charge < -0.3 is 0 Å². The Balaban J connectivity index is 1.28. The van der Waals surface area contributed by atoms with Crippen molar-refractivity contribution in [3.05, 3.63) is 169 Å². The molecule has 0 N–H and O–H groups in total. The molecule has 1 aromatic heterocycles. The summed E-state index contributed by atoms with van der Waals surface area (Å²) in [6, 6.07) is 55.9. The van der Waals surface area contributed by atoms with E-state index in [2.05, 4.69) is 147 Å². The molecule has 0 fully saturated rings. The SMILES string of the molecule is CC1(C)c2ccccc2-c2c(-c3ccccc3-c3cccc(-c4cc(-c5ccccc5)nc(-c5ccccc5)n4)c3)cccc21. The van der Waals surface area contributed by atoms with E-state index in [4.69, 9.17) is 9.97 Å². The summed E-state index contributed by atoms with van der Waals surface area (Å²) in [4.78, 5) is 10.1. The molecular weight excluding hydrogens is 544 g/mol. The molecule has 0 amide bonds. The second-order valence-electron chi connectivity index (χ2n) is 12.2. The van der Waals surface area contributed by atoms with Gasteiger partial charge in [0.2, 0.25) is 0 Å². The number of hydrogen-bond donors (Lipinski definition) is 0. The van der Waals surface area contributed by atoms with Crippen molar-refractivity contribution in [2.45, 2.75) is 19.3 Å². The lowest BCUT2D eigenvalue weighted by molar-refractivity contribution is 0.660. The van der Waals surface area contributed by atoms with E-state index >= 15 is 0 Å². The second kappa shape index (κ2) is 10.8. The van der Waals surface area contributed by atoms with Gasteiger partial charge in [0.15, 0.2) is 5.82 Å². The van der Waals surface area contributed by atoms with Crippen molar-refractivity contribution in [1.29, 1.82) is 0 Å². The molecule has 45 heavy (non-hydrogen) atoms. The van der Waals surface area contributed by atoms with Crippen molar-refractivity contribution < 1.29 is 0 Å². The fraction of sp³-hybridized carbons (Fsp3) is 0.0698. The highest BCUT2D eigenvalue weighted by atomic mass is 14.9. The smallest absolute Gasteiger partial charge is 0.160 e. The van der Waals surface area contributed by atoms with Crippen LogP contribution in [0.5, 0.6) is 0 Å². The van der Waals surface area contributed by atoms with Gasteiger partial charge in [-0.3, -0.25) is 0 Å². The van der Waals surface area contributed by atoms with Crippen molar-refractivity contribution in [3.8, 4) is 67.3 Å². The summed E-state index contributed by atoms with van der Waals surface area (Å²) in [6.45, 7) is 4.68. The molecule has 0 bridgehead atoms. The minimum Gasteiger partial charge on any atom is -0.228 e. The maximum absolute atomic E-state index is 5.09. The first-order valence-electron chi connectivity index (χ1n) is 15.5. The number of aromatic nitrogens is 2. The Morgan fingerprint density at radius 3 is 1.64 bits per heavy atom. The van der Waals surface area contributed by atoms with Crippen LogP contribution in [-0.4, -0.2) is 9.97 Å². The van der Waals surface area contributed by atoms with Crippen LogP contribution >= 0.6 is 0 Å². The molecule has 6 aromatic carbocycles. The minimum absolute atomic E-state index is 0.0449. The van der Waals surface area contributed by atoms with Gasteiger partial charge in [0.05, 0.1) is 11.4 Å². The molecular formula is C43H32N2. The fourth-order valence-electron chi connectivity index (χ4n) is 6.86. The molecule has 1 aliphatic carbocycles. The van der Waals surface area contributed by atoms with Gasteiger partial charge in [-0.25, -0.2) is 9.97 Å². The van der Waals surface area contributed by atoms with E-state index in [1.165, 1.54) is 38.9 Å². The number of nitrogens with zero attached hydrogens (tertiary/aromatic N) is 2. The highest BCUT2D eigenvalue weighted by molar-refractivity contribution is 5.97. The van der Waals surface area contributed by atoms with Gasteiger partial charge in [-0.1, -0.05) is 159 Å². The highest BCUT2D eigenvalue weighted by Gasteiger charge is 2.36. The first-order valence-corrected chi connectivity index (χ1v) is 15.5. The third-order valence-electron chi connectivity index (χ3n) is 9.12. The zero-order valence-corrected chi connectivity index (χ0v) is 25.4.